The molecule has 0 aliphatic heterocycles. The highest BCUT2D eigenvalue weighted by molar-refractivity contribution is 6.00. The first-order valence-electron chi connectivity index (χ1n) is 6.78. The number of ketones is 1. The van der Waals surface area contributed by atoms with Crippen LogP contribution < -0.4 is 4.74 Å². The van der Waals surface area contributed by atoms with Crippen molar-refractivity contribution < 1.29 is 9.53 Å². The lowest BCUT2D eigenvalue weighted by Gasteiger charge is -2.08. The van der Waals surface area contributed by atoms with Crippen LogP contribution in [0.15, 0.2) is 60.8 Å². The number of carbonyl (C=O) groups excluding carboxylic acids is 1. The molecule has 0 unspecified atom stereocenters. The Morgan fingerprint density at radius 2 is 1.86 bits per heavy atom. The van der Waals surface area contributed by atoms with Crippen molar-refractivity contribution in [2.24, 2.45) is 0 Å². The van der Waals surface area contributed by atoms with Crippen LogP contribution in [0.2, 0.25) is 0 Å². The highest BCUT2D eigenvalue weighted by Gasteiger charge is 2.15. The van der Waals surface area contributed by atoms with Crippen LogP contribution >= 0.6 is 0 Å². The summed E-state index contributed by atoms with van der Waals surface area (Å²) in [6, 6.07) is 17.6. The number of nitrogens with zero attached hydrogens (tertiary/aromatic N) is 1. The Morgan fingerprint density at radius 1 is 1.05 bits per heavy atom. The zero-order chi connectivity index (χ0) is 14.7. The van der Waals surface area contributed by atoms with Gasteiger partial charge in [-0.3, -0.25) is 4.79 Å². The van der Waals surface area contributed by atoms with Gasteiger partial charge in [0.05, 0.1) is 7.11 Å². The lowest BCUT2D eigenvalue weighted by molar-refractivity contribution is 0.0985. The molecule has 1 aromatic heterocycles. The first kappa shape index (κ1) is 13.3. The van der Waals surface area contributed by atoms with Gasteiger partial charge in [0.25, 0.3) is 0 Å². The van der Waals surface area contributed by atoms with Crippen LogP contribution in [0.3, 0.4) is 0 Å². The third kappa shape index (κ3) is 2.63. The molecule has 3 aromatic rings. The van der Waals surface area contributed by atoms with Gasteiger partial charge in [0.15, 0.2) is 5.78 Å². The Morgan fingerprint density at radius 3 is 2.71 bits per heavy atom. The zero-order valence-electron chi connectivity index (χ0n) is 11.7. The minimum absolute atomic E-state index is 0.0381. The molecular weight excluding hydrogens is 262 g/mol. The number of hydrogen-bond donors (Lipinski definition) is 0. The van der Waals surface area contributed by atoms with E-state index < -0.39 is 0 Å². The molecule has 1 heterocycles. The van der Waals surface area contributed by atoms with Crippen molar-refractivity contribution in [3.05, 3.63) is 72.1 Å². The lowest BCUT2D eigenvalue weighted by atomic mass is 9.99. The number of ether oxygens (including phenoxy) is 1. The number of rotatable bonds is 4. The zero-order valence-corrected chi connectivity index (χ0v) is 11.7. The van der Waals surface area contributed by atoms with Crippen molar-refractivity contribution in [2.45, 2.75) is 6.42 Å². The fraction of sp³-hybridized carbons (Fsp3) is 0.111. The average Bonchev–Trinajstić information content (AvgIpc) is 2.55. The summed E-state index contributed by atoms with van der Waals surface area (Å²) in [5, 5.41) is 2.24. The van der Waals surface area contributed by atoms with E-state index in [0.717, 1.165) is 16.3 Å². The summed E-state index contributed by atoms with van der Waals surface area (Å²) in [4.78, 5) is 16.6. The molecule has 0 spiro atoms. The molecule has 3 nitrogen and oxygen atoms in total. The van der Waals surface area contributed by atoms with E-state index in [9.17, 15) is 4.79 Å². The summed E-state index contributed by atoms with van der Waals surface area (Å²) in [6.07, 6.45) is 1.92. The third-order valence-electron chi connectivity index (χ3n) is 3.49. The SMILES string of the molecule is COc1cccnc1C(=O)Cc1cccc2ccccc12. The van der Waals surface area contributed by atoms with Gasteiger partial charge in [0.1, 0.15) is 11.4 Å². The van der Waals surface area contributed by atoms with Crippen molar-refractivity contribution in [1.29, 1.82) is 0 Å². The van der Waals surface area contributed by atoms with Gasteiger partial charge < -0.3 is 4.74 Å². The van der Waals surface area contributed by atoms with Gasteiger partial charge in [-0.15, -0.1) is 0 Å². The van der Waals surface area contributed by atoms with Gasteiger partial charge in [-0.05, 0) is 28.5 Å². The molecule has 21 heavy (non-hydrogen) atoms. The molecule has 0 aliphatic carbocycles. The van der Waals surface area contributed by atoms with E-state index in [-0.39, 0.29) is 5.78 Å². The maximum Gasteiger partial charge on any atom is 0.189 e. The quantitative estimate of drug-likeness (QED) is 0.683. The Bertz CT molecular complexity index is 791. The number of fused-ring (bicyclic) bond motifs is 1. The van der Waals surface area contributed by atoms with Crippen LogP contribution in [-0.4, -0.2) is 17.9 Å². The summed E-state index contributed by atoms with van der Waals surface area (Å²) in [6.45, 7) is 0. The predicted octanol–water partition coefficient (Wildman–Crippen LogP) is 3.67. The Balaban J connectivity index is 1.97. The molecule has 0 saturated heterocycles. The van der Waals surface area contributed by atoms with Crippen LogP contribution in [0.1, 0.15) is 16.1 Å². The van der Waals surface area contributed by atoms with E-state index in [1.165, 1.54) is 0 Å². The Labute approximate surface area is 123 Å². The monoisotopic (exact) mass is 277 g/mol. The molecule has 0 radical (unpaired) electrons. The van der Waals surface area contributed by atoms with E-state index in [0.29, 0.717) is 17.9 Å². The van der Waals surface area contributed by atoms with Gasteiger partial charge in [0.2, 0.25) is 0 Å². The van der Waals surface area contributed by atoms with Crippen molar-refractivity contribution in [2.75, 3.05) is 7.11 Å². The van der Waals surface area contributed by atoms with E-state index in [1.54, 1.807) is 25.4 Å². The van der Waals surface area contributed by atoms with E-state index in [2.05, 4.69) is 4.98 Å². The molecule has 0 aliphatic rings. The second kappa shape index (κ2) is 5.75. The summed E-state index contributed by atoms with van der Waals surface area (Å²) in [5.74, 6) is 0.478. The molecule has 0 fully saturated rings. The second-order valence-electron chi connectivity index (χ2n) is 4.79. The van der Waals surface area contributed by atoms with Crippen LogP contribution in [0, 0.1) is 0 Å². The molecule has 0 saturated carbocycles. The van der Waals surface area contributed by atoms with Crippen LogP contribution in [0.25, 0.3) is 10.8 Å². The normalized spacial score (nSPS) is 10.5. The van der Waals surface area contributed by atoms with Crippen molar-refractivity contribution in [3.63, 3.8) is 0 Å². The van der Waals surface area contributed by atoms with E-state index in [1.807, 2.05) is 42.5 Å². The minimum Gasteiger partial charge on any atom is -0.494 e. The maximum absolute atomic E-state index is 12.5. The number of pyridine rings is 1. The Hall–Kier alpha value is -2.68. The van der Waals surface area contributed by atoms with Crippen molar-refractivity contribution >= 4 is 16.6 Å². The molecule has 0 amide bonds. The topological polar surface area (TPSA) is 39.2 Å². The van der Waals surface area contributed by atoms with Crippen molar-refractivity contribution in [1.82, 2.24) is 4.98 Å². The van der Waals surface area contributed by atoms with Crippen LogP contribution in [0.4, 0.5) is 0 Å². The van der Waals surface area contributed by atoms with Gasteiger partial charge in [-0.2, -0.15) is 0 Å². The standard InChI is InChI=1S/C18H15NO2/c1-21-17-10-5-11-19-18(17)16(20)12-14-8-4-7-13-6-2-3-9-15(13)14/h2-11H,12H2,1H3. The molecular formula is C18H15NO2. The molecule has 0 N–H and O–H groups in total. The molecule has 3 rings (SSSR count). The molecule has 0 bridgehead atoms. The van der Waals surface area contributed by atoms with Gasteiger partial charge >= 0.3 is 0 Å². The predicted molar refractivity (Wildman–Crippen MR) is 82.8 cm³/mol. The van der Waals surface area contributed by atoms with Crippen molar-refractivity contribution in [3.8, 4) is 5.75 Å². The highest BCUT2D eigenvalue weighted by atomic mass is 16.5. The number of Topliss-reactive ketones (excluding diaryl/α,β-unsaturated/α-hetero) is 1. The summed E-state index contributed by atoms with van der Waals surface area (Å²) >= 11 is 0. The molecule has 2 aromatic carbocycles. The number of methoxy groups -OCH3 is 1. The summed E-state index contributed by atoms with van der Waals surface area (Å²) < 4.78 is 5.21. The van der Waals surface area contributed by atoms with Crippen LogP contribution in [0.5, 0.6) is 5.75 Å². The molecule has 3 heteroatoms. The van der Waals surface area contributed by atoms with Gasteiger partial charge in [-0.1, -0.05) is 42.5 Å². The summed E-state index contributed by atoms with van der Waals surface area (Å²) in [7, 11) is 1.55. The van der Waals surface area contributed by atoms with Gasteiger partial charge in [0, 0.05) is 12.6 Å². The van der Waals surface area contributed by atoms with E-state index >= 15 is 0 Å². The largest absolute Gasteiger partial charge is 0.494 e. The maximum atomic E-state index is 12.5. The van der Waals surface area contributed by atoms with Crippen LogP contribution in [-0.2, 0) is 6.42 Å². The van der Waals surface area contributed by atoms with E-state index in [4.69, 9.17) is 4.74 Å². The average molecular weight is 277 g/mol. The first-order chi connectivity index (χ1) is 10.3. The number of benzene rings is 2. The highest BCUT2D eigenvalue weighted by Crippen LogP contribution is 2.22. The number of carbonyl (C=O) groups is 1. The second-order valence-corrected chi connectivity index (χ2v) is 4.79. The summed E-state index contributed by atoms with van der Waals surface area (Å²) in [5.41, 5.74) is 1.39. The van der Waals surface area contributed by atoms with Gasteiger partial charge in [-0.25, -0.2) is 4.98 Å². The fourth-order valence-electron chi connectivity index (χ4n) is 2.47. The first-order valence-corrected chi connectivity index (χ1v) is 6.78. The molecule has 104 valence electrons. The fourth-order valence-corrected chi connectivity index (χ4v) is 2.47. The minimum atomic E-state index is -0.0381. The smallest absolute Gasteiger partial charge is 0.189 e. The molecule has 0 atom stereocenters. The number of hydrogen-bond acceptors (Lipinski definition) is 3. The number of aromatic nitrogens is 1. The third-order valence-corrected chi connectivity index (χ3v) is 3.49. The lowest BCUT2D eigenvalue weighted by Crippen LogP contribution is -2.08. The Kier molecular flexibility index (Phi) is 3.65.